The molecule has 0 spiro atoms. The number of halogens is 1. The largest absolute Gasteiger partial charge is 0.366 e. The highest BCUT2D eigenvalue weighted by Gasteiger charge is 2.18. The summed E-state index contributed by atoms with van der Waals surface area (Å²) in [6.07, 6.45) is 2.06. The Morgan fingerprint density at radius 1 is 1.00 bits per heavy atom. The number of carbonyl (C=O) groups excluding carboxylic acids is 1. The van der Waals surface area contributed by atoms with Crippen LogP contribution in [0.2, 0.25) is 5.02 Å². The quantitative estimate of drug-likeness (QED) is 0.770. The molecule has 0 radical (unpaired) electrons. The van der Waals surface area contributed by atoms with Crippen LogP contribution in [-0.2, 0) is 6.54 Å². The monoisotopic (exact) mass is 368 g/mol. The van der Waals surface area contributed by atoms with E-state index in [1.165, 1.54) is 5.56 Å². The maximum atomic E-state index is 11.4. The molecule has 1 aliphatic rings. The number of rotatable bonds is 4. The number of nitrogens with zero attached hydrogens (tertiary/aromatic N) is 3. The summed E-state index contributed by atoms with van der Waals surface area (Å²) in [5, 5.41) is 4.15. The lowest BCUT2D eigenvalue weighted by Gasteiger charge is -2.37. The average Bonchev–Trinajstić information content (AvgIpc) is 3.07. The van der Waals surface area contributed by atoms with Gasteiger partial charge in [0, 0.05) is 54.9 Å². The van der Waals surface area contributed by atoms with Crippen molar-refractivity contribution < 1.29 is 4.79 Å². The molecule has 134 valence electrons. The summed E-state index contributed by atoms with van der Waals surface area (Å²) in [5.41, 5.74) is 8.30. The molecule has 0 unspecified atom stereocenters. The van der Waals surface area contributed by atoms with Gasteiger partial charge >= 0.3 is 0 Å². The molecule has 26 heavy (non-hydrogen) atoms. The van der Waals surface area contributed by atoms with E-state index in [4.69, 9.17) is 17.3 Å². The van der Waals surface area contributed by atoms with Gasteiger partial charge in [0.15, 0.2) is 0 Å². The van der Waals surface area contributed by atoms with Crippen molar-refractivity contribution in [3.8, 4) is 0 Å². The van der Waals surface area contributed by atoms with Gasteiger partial charge in [0.2, 0.25) is 5.91 Å². The maximum Gasteiger partial charge on any atom is 0.248 e. The van der Waals surface area contributed by atoms with Crippen LogP contribution >= 0.6 is 11.6 Å². The summed E-state index contributed by atoms with van der Waals surface area (Å²) >= 11 is 5.96. The van der Waals surface area contributed by atoms with Crippen LogP contribution in [0.4, 0.5) is 0 Å². The third-order valence-electron chi connectivity index (χ3n) is 4.93. The first-order valence-electron chi connectivity index (χ1n) is 8.73. The average molecular weight is 369 g/mol. The van der Waals surface area contributed by atoms with E-state index in [1.807, 2.05) is 30.3 Å². The minimum Gasteiger partial charge on any atom is -0.366 e. The fraction of sp³-hybridized carbons (Fsp3) is 0.250. The maximum absolute atomic E-state index is 11.4. The summed E-state index contributed by atoms with van der Waals surface area (Å²) in [4.78, 5) is 13.8. The van der Waals surface area contributed by atoms with E-state index >= 15 is 0 Å². The lowest BCUT2D eigenvalue weighted by Crippen LogP contribution is -2.50. The first-order valence-corrected chi connectivity index (χ1v) is 9.11. The number of hydrogen-bond donors (Lipinski definition) is 1. The molecule has 1 aliphatic heterocycles. The molecule has 5 nitrogen and oxygen atoms in total. The van der Waals surface area contributed by atoms with Gasteiger partial charge in [-0.25, -0.2) is 0 Å². The van der Waals surface area contributed by atoms with E-state index in [0.29, 0.717) is 5.56 Å². The number of piperazine rings is 1. The smallest absolute Gasteiger partial charge is 0.248 e. The lowest BCUT2D eigenvalue weighted by molar-refractivity contribution is 0.100. The molecular formula is C20H21ClN4O. The Hall–Kier alpha value is -2.50. The normalized spacial score (nSPS) is 15.5. The van der Waals surface area contributed by atoms with Crippen molar-refractivity contribution in [3.63, 3.8) is 0 Å². The molecule has 1 fully saturated rings. The number of carbonyl (C=O) groups is 1. The van der Waals surface area contributed by atoms with E-state index in [2.05, 4.69) is 32.9 Å². The zero-order chi connectivity index (χ0) is 18.1. The van der Waals surface area contributed by atoms with E-state index in [-0.39, 0.29) is 0 Å². The summed E-state index contributed by atoms with van der Waals surface area (Å²) in [6.45, 7) is 4.85. The van der Waals surface area contributed by atoms with Gasteiger partial charge in [-0.05, 0) is 42.0 Å². The van der Waals surface area contributed by atoms with Gasteiger partial charge in [-0.2, -0.15) is 0 Å². The minimum absolute atomic E-state index is 0.393. The van der Waals surface area contributed by atoms with Crippen LogP contribution < -0.4 is 10.7 Å². The van der Waals surface area contributed by atoms with Crippen molar-refractivity contribution in [1.82, 2.24) is 9.58 Å². The number of primary amides is 1. The highest BCUT2D eigenvalue weighted by atomic mass is 35.5. The molecule has 1 saturated heterocycles. The fourth-order valence-corrected chi connectivity index (χ4v) is 3.61. The SMILES string of the molecule is NC(=O)c1ccc2c(ccn2N2CCN(Cc3ccc(Cl)cc3)CC2)c1. The first kappa shape index (κ1) is 16.9. The molecule has 0 aliphatic carbocycles. The molecular weight excluding hydrogens is 348 g/mol. The molecule has 3 aromatic rings. The highest BCUT2D eigenvalue weighted by Crippen LogP contribution is 2.19. The predicted octanol–water partition coefficient (Wildman–Crippen LogP) is 2.85. The molecule has 0 bridgehead atoms. The van der Waals surface area contributed by atoms with E-state index in [1.54, 1.807) is 6.07 Å². The Labute approximate surface area is 157 Å². The zero-order valence-electron chi connectivity index (χ0n) is 14.4. The van der Waals surface area contributed by atoms with Gasteiger partial charge in [0.1, 0.15) is 0 Å². The van der Waals surface area contributed by atoms with Crippen molar-refractivity contribution >= 4 is 28.4 Å². The molecule has 4 rings (SSSR count). The fourth-order valence-electron chi connectivity index (χ4n) is 3.49. The van der Waals surface area contributed by atoms with Gasteiger partial charge < -0.3 is 10.7 Å². The third kappa shape index (κ3) is 3.41. The van der Waals surface area contributed by atoms with Crippen molar-refractivity contribution in [2.24, 2.45) is 5.73 Å². The van der Waals surface area contributed by atoms with Gasteiger partial charge in [0.25, 0.3) is 0 Å². The molecule has 2 N–H and O–H groups in total. The Morgan fingerprint density at radius 3 is 2.42 bits per heavy atom. The molecule has 1 aromatic heterocycles. The standard InChI is InChI=1S/C20H21ClN4O/c21-18-4-1-15(2-5-18)14-23-9-11-24(12-10-23)25-8-7-16-13-17(20(22)26)3-6-19(16)25/h1-8,13H,9-12,14H2,(H2,22,26). The van der Waals surface area contributed by atoms with Crippen molar-refractivity contribution in [1.29, 1.82) is 0 Å². The van der Waals surface area contributed by atoms with Crippen molar-refractivity contribution in [3.05, 3.63) is 70.9 Å². The number of aromatic nitrogens is 1. The second-order valence-electron chi connectivity index (χ2n) is 6.65. The van der Waals surface area contributed by atoms with Crippen LogP contribution in [0, 0.1) is 0 Å². The Kier molecular flexibility index (Phi) is 4.57. The van der Waals surface area contributed by atoms with Gasteiger partial charge in [-0.15, -0.1) is 0 Å². The number of hydrogen-bond acceptors (Lipinski definition) is 3. The first-order chi connectivity index (χ1) is 12.6. The van der Waals surface area contributed by atoms with Gasteiger partial charge in [0.05, 0.1) is 5.52 Å². The zero-order valence-corrected chi connectivity index (χ0v) is 15.2. The number of benzene rings is 2. The Bertz CT molecular complexity index is 927. The van der Waals surface area contributed by atoms with Gasteiger partial charge in [-0.3, -0.25) is 14.4 Å². The Morgan fingerprint density at radius 2 is 1.73 bits per heavy atom. The molecule has 2 heterocycles. The number of amides is 1. The van der Waals surface area contributed by atoms with Crippen LogP contribution in [0.3, 0.4) is 0 Å². The van der Waals surface area contributed by atoms with Crippen LogP contribution in [0.15, 0.2) is 54.7 Å². The summed E-state index contributed by atoms with van der Waals surface area (Å²) in [6, 6.07) is 15.7. The second kappa shape index (κ2) is 7.02. The summed E-state index contributed by atoms with van der Waals surface area (Å²) in [7, 11) is 0. The van der Waals surface area contributed by atoms with E-state index in [9.17, 15) is 4.79 Å². The molecule has 0 saturated carbocycles. The highest BCUT2D eigenvalue weighted by molar-refractivity contribution is 6.30. The molecule has 0 atom stereocenters. The van der Waals surface area contributed by atoms with Crippen molar-refractivity contribution in [2.75, 3.05) is 31.2 Å². The van der Waals surface area contributed by atoms with Crippen LogP contribution in [-0.4, -0.2) is 41.7 Å². The minimum atomic E-state index is -0.393. The van der Waals surface area contributed by atoms with E-state index in [0.717, 1.165) is 48.6 Å². The van der Waals surface area contributed by atoms with E-state index < -0.39 is 5.91 Å². The third-order valence-corrected chi connectivity index (χ3v) is 5.18. The Balaban J connectivity index is 1.44. The molecule has 2 aromatic carbocycles. The van der Waals surface area contributed by atoms with Crippen LogP contribution in [0.1, 0.15) is 15.9 Å². The lowest BCUT2D eigenvalue weighted by atomic mass is 10.1. The summed E-state index contributed by atoms with van der Waals surface area (Å²) in [5.74, 6) is -0.393. The van der Waals surface area contributed by atoms with Crippen molar-refractivity contribution in [2.45, 2.75) is 6.54 Å². The van der Waals surface area contributed by atoms with Crippen LogP contribution in [0.25, 0.3) is 10.9 Å². The van der Waals surface area contributed by atoms with Crippen LogP contribution in [0.5, 0.6) is 0 Å². The summed E-state index contributed by atoms with van der Waals surface area (Å²) < 4.78 is 2.18. The van der Waals surface area contributed by atoms with Gasteiger partial charge in [-0.1, -0.05) is 23.7 Å². The number of nitrogens with two attached hydrogens (primary N) is 1. The molecule has 6 heteroatoms. The second-order valence-corrected chi connectivity index (χ2v) is 7.09. The molecule has 1 amide bonds. The topological polar surface area (TPSA) is 54.5 Å². The number of fused-ring (bicyclic) bond motifs is 1. The predicted molar refractivity (Wildman–Crippen MR) is 105 cm³/mol.